The maximum atomic E-state index is 11.3. The first kappa shape index (κ1) is 15.0. The molecule has 0 unspecified atom stereocenters. The Morgan fingerprint density at radius 2 is 2.15 bits per heavy atom. The summed E-state index contributed by atoms with van der Waals surface area (Å²) in [5.41, 5.74) is 2.46. The Labute approximate surface area is 131 Å². The van der Waals surface area contributed by atoms with Crippen LogP contribution < -0.4 is 0 Å². The molecule has 1 aromatic carbocycles. The number of aromatic nitrogens is 1. The lowest BCUT2D eigenvalue weighted by molar-refractivity contribution is 0.0661. The van der Waals surface area contributed by atoms with Gasteiger partial charge in [-0.2, -0.15) is 0 Å². The number of hydrogen-bond acceptors (Lipinski definition) is 3. The average molecular weight is 385 g/mol. The highest BCUT2D eigenvalue weighted by Gasteiger charge is 2.22. The van der Waals surface area contributed by atoms with Crippen molar-refractivity contribution in [2.24, 2.45) is 5.92 Å². The van der Waals surface area contributed by atoms with Crippen LogP contribution in [0.25, 0.3) is 11.5 Å². The third-order valence-electron chi connectivity index (χ3n) is 2.92. The number of carboxylic acid groups (broad SMARTS) is 1. The molecule has 4 nitrogen and oxygen atoms in total. The van der Waals surface area contributed by atoms with E-state index in [0.29, 0.717) is 23.9 Å². The van der Waals surface area contributed by atoms with E-state index in [2.05, 4.69) is 27.6 Å². The van der Waals surface area contributed by atoms with Gasteiger partial charge in [0.15, 0.2) is 0 Å². The number of aryl methyl sites for hydroxylation is 1. The lowest BCUT2D eigenvalue weighted by atomic mass is 10.1. The molecule has 5 heteroatoms. The summed E-state index contributed by atoms with van der Waals surface area (Å²) in [6.45, 7) is 6.05. The van der Waals surface area contributed by atoms with Gasteiger partial charge in [0.25, 0.3) is 0 Å². The van der Waals surface area contributed by atoms with Crippen LogP contribution in [0, 0.1) is 16.4 Å². The van der Waals surface area contributed by atoms with E-state index in [1.54, 1.807) is 0 Å². The molecule has 0 spiro atoms. The first-order valence-corrected chi connectivity index (χ1v) is 7.46. The number of halogens is 1. The van der Waals surface area contributed by atoms with Gasteiger partial charge in [-0.3, -0.25) is 0 Å². The normalized spacial score (nSPS) is 11.1. The summed E-state index contributed by atoms with van der Waals surface area (Å²) >= 11 is 2.22. The molecule has 0 bridgehead atoms. The van der Waals surface area contributed by atoms with Gasteiger partial charge in [-0.05, 0) is 53.5 Å². The standard InChI is InChI=1S/C15H16INO3/c1-8(2)7-11-13(15(18)19)20-14(17-11)10-6-4-5-9(3)12(10)16/h4-6,8H,7H2,1-3H3,(H,18,19). The van der Waals surface area contributed by atoms with Gasteiger partial charge >= 0.3 is 5.97 Å². The molecule has 0 atom stereocenters. The molecule has 1 N–H and O–H groups in total. The predicted molar refractivity (Wildman–Crippen MR) is 84.9 cm³/mol. The van der Waals surface area contributed by atoms with Crippen LogP contribution >= 0.6 is 22.6 Å². The van der Waals surface area contributed by atoms with Crippen LogP contribution in [-0.4, -0.2) is 16.1 Å². The van der Waals surface area contributed by atoms with Gasteiger partial charge in [-0.15, -0.1) is 0 Å². The Bertz CT molecular complexity index is 647. The topological polar surface area (TPSA) is 63.3 Å². The second-order valence-electron chi connectivity index (χ2n) is 5.13. The Morgan fingerprint density at radius 3 is 2.75 bits per heavy atom. The van der Waals surface area contributed by atoms with E-state index >= 15 is 0 Å². The highest BCUT2D eigenvalue weighted by atomic mass is 127. The summed E-state index contributed by atoms with van der Waals surface area (Å²) in [6.07, 6.45) is 0.591. The maximum absolute atomic E-state index is 11.3. The van der Waals surface area contributed by atoms with E-state index in [0.717, 1.165) is 14.7 Å². The Hall–Kier alpha value is -1.37. The van der Waals surface area contributed by atoms with Crippen LogP contribution in [0.1, 0.15) is 35.7 Å². The summed E-state index contributed by atoms with van der Waals surface area (Å²) in [6, 6.07) is 5.81. The van der Waals surface area contributed by atoms with Crippen molar-refractivity contribution in [3.8, 4) is 11.5 Å². The van der Waals surface area contributed by atoms with E-state index < -0.39 is 5.97 Å². The molecule has 2 rings (SSSR count). The second-order valence-corrected chi connectivity index (χ2v) is 6.21. The molecule has 1 aromatic heterocycles. The minimum Gasteiger partial charge on any atom is -0.475 e. The molecule has 0 aliphatic heterocycles. The number of oxazole rings is 1. The molecule has 20 heavy (non-hydrogen) atoms. The van der Waals surface area contributed by atoms with Crippen molar-refractivity contribution < 1.29 is 14.3 Å². The molecular formula is C15H16INO3. The predicted octanol–water partition coefficient (Wildman–Crippen LogP) is 4.15. The number of carboxylic acids is 1. The molecule has 1 heterocycles. The first-order chi connectivity index (χ1) is 9.40. The summed E-state index contributed by atoms with van der Waals surface area (Å²) in [5.74, 6) is -0.415. The lowest BCUT2D eigenvalue weighted by Crippen LogP contribution is -2.03. The second kappa shape index (κ2) is 5.95. The van der Waals surface area contributed by atoms with Gasteiger partial charge in [0, 0.05) is 3.57 Å². The third kappa shape index (κ3) is 3.03. The minimum atomic E-state index is -1.07. The smallest absolute Gasteiger partial charge is 0.373 e. The number of hydrogen-bond donors (Lipinski definition) is 1. The zero-order valence-corrected chi connectivity index (χ0v) is 13.8. The van der Waals surface area contributed by atoms with Crippen molar-refractivity contribution in [3.05, 3.63) is 38.8 Å². The fourth-order valence-corrected chi connectivity index (χ4v) is 2.56. The molecule has 0 aliphatic rings. The molecule has 0 saturated carbocycles. The fraction of sp³-hybridized carbons (Fsp3) is 0.333. The fourth-order valence-electron chi connectivity index (χ4n) is 1.97. The van der Waals surface area contributed by atoms with Gasteiger partial charge in [-0.25, -0.2) is 9.78 Å². The van der Waals surface area contributed by atoms with Gasteiger partial charge in [0.2, 0.25) is 11.7 Å². The number of carbonyl (C=O) groups is 1. The van der Waals surface area contributed by atoms with E-state index in [4.69, 9.17) is 4.42 Å². The van der Waals surface area contributed by atoms with Gasteiger partial charge < -0.3 is 9.52 Å². The Morgan fingerprint density at radius 1 is 1.45 bits per heavy atom. The highest BCUT2D eigenvalue weighted by Crippen LogP contribution is 2.29. The summed E-state index contributed by atoms with van der Waals surface area (Å²) < 4.78 is 6.51. The van der Waals surface area contributed by atoms with E-state index in [-0.39, 0.29) is 5.76 Å². The van der Waals surface area contributed by atoms with Gasteiger partial charge in [-0.1, -0.05) is 26.0 Å². The number of benzene rings is 1. The zero-order valence-electron chi connectivity index (χ0n) is 11.6. The Balaban J connectivity index is 2.53. The van der Waals surface area contributed by atoms with Crippen molar-refractivity contribution in [1.29, 1.82) is 0 Å². The summed E-state index contributed by atoms with van der Waals surface area (Å²) in [4.78, 5) is 15.7. The maximum Gasteiger partial charge on any atom is 0.373 e. The lowest BCUT2D eigenvalue weighted by Gasteiger charge is -2.02. The van der Waals surface area contributed by atoms with E-state index in [1.807, 2.05) is 39.0 Å². The van der Waals surface area contributed by atoms with Crippen LogP contribution in [0.3, 0.4) is 0 Å². The molecule has 0 radical (unpaired) electrons. The number of nitrogens with zero attached hydrogens (tertiary/aromatic N) is 1. The van der Waals surface area contributed by atoms with Crippen molar-refractivity contribution in [3.63, 3.8) is 0 Å². The average Bonchev–Trinajstić information content (AvgIpc) is 2.75. The molecule has 0 saturated heterocycles. The molecule has 0 fully saturated rings. The number of aromatic carboxylic acids is 1. The summed E-state index contributed by atoms with van der Waals surface area (Å²) in [7, 11) is 0. The SMILES string of the molecule is Cc1cccc(-c2nc(CC(C)C)c(C(=O)O)o2)c1I. The number of rotatable bonds is 4. The highest BCUT2D eigenvalue weighted by molar-refractivity contribution is 14.1. The summed E-state index contributed by atoms with van der Waals surface area (Å²) in [5, 5.41) is 9.23. The molecule has 2 aromatic rings. The van der Waals surface area contributed by atoms with Crippen LogP contribution in [0.5, 0.6) is 0 Å². The van der Waals surface area contributed by atoms with Crippen LogP contribution in [0.2, 0.25) is 0 Å². The van der Waals surface area contributed by atoms with Gasteiger partial charge in [0.05, 0.1) is 11.3 Å². The minimum absolute atomic E-state index is 0.0500. The van der Waals surface area contributed by atoms with Crippen molar-refractivity contribution in [2.45, 2.75) is 27.2 Å². The molecular weight excluding hydrogens is 369 g/mol. The quantitative estimate of drug-likeness (QED) is 0.804. The Kier molecular flexibility index (Phi) is 4.47. The molecule has 106 valence electrons. The van der Waals surface area contributed by atoms with Crippen LogP contribution in [0.4, 0.5) is 0 Å². The molecule has 0 amide bonds. The van der Waals surface area contributed by atoms with E-state index in [9.17, 15) is 9.90 Å². The third-order valence-corrected chi connectivity index (χ3v) is 4.35. The first-order valence-electron chi connectivity index (χ1n) is 6.38. The monoisotopic (exact) mass is 385 g/mol. The largest absolute Gasteiger partial charge is 0.475 e. The zero-order chi connectivity index (χ0) is 14.9. The van der Waals surface area contributed by atoms with Crippen LogP contribution in [0.15, 0.2) is 22.6 Å². The van der Waals surface area contributed by atoms with Crippen LogP contribution in [-0.2, 0) is 6.42 Å². The van der Waals surface area contributed by atoms with Gasteiger partial charge in [0.1, 0.15) is 0 Å². The van der Waals surface area contributed by atoms with Crippen molar-refractivity contribution in [1.82, 2.24) is 4.98 Å². The van der Waals surface area contributed by atoms with E-state index in [1.165, 1.54) is 0 Å². The van der Waals surface area contributed by atoms with Crippen molar-refractivity contribution >= 4 is 28.6 Å². The molecule has 0 aliphatic carbocycles. The van der Waals surface area contributed by atoms with Crippen molar-refractivity contribution in [2.75, 3.05) is 0 Å².